The van der Waals surface area contributed by atoms with E-state index in [0.717, 1.165) is 30.5 Å². The van der Waals surface area contributed by atoms with Gasteiger partial charge in [0.25, 0.3) is 0 Å². The molecule has 2 rings (SSSR count). The van der Waals surface area contributed by atoms with Gasteiger partial charge >= 0.3 is 0 Å². The van der Waals surface area contributed by atoms with Crippen molar-refractivity contribution in [3.05, 3.63) is 23.0 Å². The van der Waals surface area contributed by atoms with Crippen molar-refractivity contribution >= 4 is 5.91 Å². The summed E-state index contributed by atoms with van der Waals surface area (Å²) in [5.41, 5.74) is 8.56. The lowest BCUT2D eigenvalue weighted by molar-refractivity contribution is -0.118. The first-order valence-corrected chi connectivity index (χ1v) is 6.17. The second kappa shape index (κ2) is 4.53. The van der Waals surface area contributed by atoms with E-state index < -0.39 is 0 Å². The standard InChI is InChI=1S/C13H20N2O2/c1-8-6-10-11(4-3-5-12(10)16)15(8)9(2)7-13(14)17/h6,9,12,16H,3-5,7H2,1-2H3,(H2,14,17). The minimum atomic E-state index is -0.348. The highest BCUT2D eigenvalue weighted by atomic mass is 16.3. The number of carbonyl (C=O) groups excluding carboxylic acids is 1. The highest BCUT2D eigenvalue weighted by molar-refractivity contribution is 5.74. The zero-order chi connectivity index (χ0) is 12.6. The van der Waals surface area contributed by atoms with Gasteiger partial charge in [0.15, 0.2) is 0 Å². The first kappa shape index (κ1) is 12.2. The smallest absolute Gasteiger partial charge is 0.219 e. The van der Waals surface area contributed by atoms with Crippen LogP contribution in [0.15, 0.2) is 6.07 Å². The molecule has 3 N–H and O–H groups in total. The van der Waals surface area contributed by atoms with Crippen LogP contribution in [0.4, 0.5) is 0 Å². The van der Waals surface area contributed by atoms with Crippen molar-refractivity contribution in [1.82, 2.24) is 4.57 Å². The fourth-order valence-electron chi connectivity index (χ4n) is 2.90. The number of aliphatic hydroxyl groups excluding tert-OH is 1. The predicted molar refractivity (Wildman–Crippen MR) is 65.6 cm³/mol. The van der Waals surface area contributed by atoms with Gasteiger partial charge in [-0.15, -0.1) is 0 Å². The molecule has 0 spiro atoms. The van der Waals surface area contributed by atoms with Crippen LogP contribution >= 0.6 is 0 Å². The monoisotopic (exact) mass is 236 g/mol. The number of hydrogen-bond donors (Lipinski definition) is 2. The van der Waals surface area contributed by atoms with Crippen molar-refractivity contribution in [1.29, 1.82) is 0 Å². The normalized spacial score (nSPS) is 21.0. The van der Waals surface area contributed by atoms with E-state index in [2.05, 4.69) is 4.57 Å². The molecule has 1 aromatic heterocycles. The second-order valence-corrected chi connectivity index (χ2v) is 4.99. The Labute approximate surface area is 101 Å². The van der Waals surface area contributed by atoms with Crippen LogP contribution in [0.5, 0.6) is 0 Å². The molecular formula is C13H20N2O2. The molecule has 0 radical (unpaired) electrons. The number of aryl methyl sites for hydroxylation is 1. The van der Waals surface area contributed by atoms with Gasteiger partial charge in [0, 0.05) is 29.4 Å². The number of aliphatic hydroxyl groups is 1. The molecule has 2 atom stereocenters. The maximum atomic E-state index is 11.0. The van der Waals surface area contributed by atoms with Crippen LogP contribution in [-0.4, -0.2) is 15.6 Å². The van der Waals surface area contributed by atoms with Crippen LogP contribution < -0.4 is 5.73 Å². The average molecular weight is 236 g/mol. The highest BCUT2D eigenvalue weighted by Gasteiger charge is 2.25. The zero-order valence-electron chi connectivity index (χ0n) is 10.4. The van der Waals surface area contributed by atoms with Crippen LogP contribution in [0.2, 0.25) is 0 Å². The maximum absolute atomic E-state index is 11.0. The number of nitrogens with two attached hydrogens (primary N) is 1. The van der Waals surface area contributed by atoms with Crippen LogP contribution in [0.3, 0.4) is 0 Å². The number of amides is 1. The Hall–Kier alpha value is -1.29. The fourth-order valence-corrected chi connectivity index (χ4v) is 2.90. The number of hydrogen-bond acceptors (Lipinski definition) is 2. The van der Waals surface area contributed by atoms with Gasteiger partial charge in [-0.1, -0.05) is 0 Å². The number of primary amides is 1. The first-order valence-electron chi connectivity index (χ1n) is 6.17. The molecule has 2 unspecified atom stereocenters. The lowest BCUT2D eigenvalue weighted by Gasteiger charge is -2.23. The molecule has 1 aliphatic carbocycles. The van der Waals surface area contributed by atoms with Gasteiger partial charge in [-0.3, -0.25) is 4.79 Å². The van der Waals surface area contributed by atoms with Gasteiger partial charge in [0.05, 0.1) is 6.10 Å². The van der Waals surface area contributed by atoms with E-state index in [4.69, 9.17) is 5.73 Å². The summed E-state index contributed by atoms with van der Waals surface area (Å²) in [6, 6.07) is 2.11. The van der Waals surface area contributed by atoms with Gasteiger partial charge < -0.3 is 15.4 Å². The third-order valence-corrected chi connectivity index (χ3v) is 3.56. The average Bonchev–Trinajstić information content (AvgIpc) is 2.55. The largest absolute Gasteiger partial charge is 0.388 e. The van der Waals surface area contributed by atoms with Gasteiger partial charge in [-0.2, -0.15) is 0 Å². The molecule has 0 aromatic carbocycles. The Kier molecular flexibility index (Phi) is 3.24. The van der Waals surface area contributed by atoms with E-state index in [9.17, 15) is 9.90 Å². The quantitative estimate of drug-likeness (QED) is 0.837. The molecule has 0 saturated heterocycles. The summed E-state index contributed by atoms with van der Waals surface area (Å²) in [5, 5.41) is 9.96. The van der Waals surface area contributed by atoms with E-state index in [0.29, 0.717) is 6.42 Å². The Morgan fingerprint density at radius 3 is 3.06 bits per heavy atom. The molecule has 1 amide bonds. The number of aromatic nitrogens is 1. The molecule has 0 saturated carbocycles. The molecule has 1 heterocycles. The minimum absolute atomic E-state index is 0.0709. The van der Waals surface area contributed by atoms with Gasteiger partial charge in [0.1, 0.15) is 0 Å². The van der Waals surface area contributed by atoms with Crippen molar-refractivity contribution in [2.75, 3.05) is 0 Å². The summed E-state index contributed by atoms with van der Waals surface area (Å²) >= 11 is 0. The van der Waals surface area contributed by atoms with Crippen molar-refractivity contribution in [2.45, 2.75) is 51.7 Å². The van der Waals surface area contributed by atoms with Crippen LogP contribution in [0.25, 0.3) is 0 Å². The molecule has 4 nitrogen and oxygen atoms in total. The van der Waals surface area contributed by atoms with Crippen molar-refractivity contribution < 1.29 is 9.90 Å². The van der Waals surface area contributed by atoms with Crippen LogP contribution in [-0.2, 0) is 11.2 Å². The number of rotatable bonds is 3. The van der Waals surface area contributed by atoms with Crippen molar-refractivity contribution in [3.63, 3.8) is 0 Å². The lowest BCUT2D eigenvalue weighted by atomic mass is 9.95. The molecule has 0 aliphatic heterocycles. The summed E-state index contributed by atoms with van der Waals surface area (Å²) in [5.74, 6) is -0.282. The van der Waals surface area contributed by atoms with Crippen LogP contribution in [0, 0.1) is 6.92 Å². The summed E-state index contributed by atoms with van der Waals surface area (Å²) < 4.78 is 2.16. The van der Waals surface area contributed by atoms with Gasteiger partial charge in [-0.05, 0) is 39.2 Å². The molecular weight excluding hydrogens is 216 g/mol. The molecule has 1 aliphatic rings. The Morgan fingerprint density at radius 2 is 2.41 bits per heavy atom. The minimum Gasteiger partial charge on any atom is -0.388 e. The van der Waals surface area contributed by atoms with Gasteiger partial charge in [-0.25, -0.2) is 0 Å². The molecule has 4 heteroatoms. The molecule has 1 aromatic rings. The number of fused-ring (bicyclic) bond motifs is 1. The first-order chi connectivity index (χ1) is 8.00. The summed E-state index contributed by atoms with van der Waals surface area (Å²) in [6.45, 7) is 4.02. The Morgan fingerprint density at radius 1 is 1.71 bits per heavy atom. The van der Waals surface area contributed by atoms with Crippen LogP contribution in [0.1, 0.15) is 55.3 Å². The summed E-state index contributed by atoms with van der Waals surface area (Å²) in [4.78, 5) is 11.0. The van der Waals surface area contributed by atoms with Gasteiger partial charge in [0.2, 0.25) is 5.91 Å². The third kappa shape index (κ3) is 2.22. The topological polar surface area (TPSA) is 68.2 Å². The van der Waals surface area contributed by atoms with E-state index in [-0.39, 0.29) is 18.1 Å². The van der Waals surface area contributed by atoms with Crippen molar-refractivity contribution in [3.8, 4) is 0 Å². The van der Waals surface area contributed by atoms with E-state index in [1.54, 1.807) is 0 Å². The summed E-state index contributed by atoms with van der Waals surface area (Å²) in [6.07, 6.45) is 2.81. The number of nitrogens with zero attached hydrogens (tertiary/aromatic N) is 1. The SMILES string of the molecule is Cc1cc2c(n1C(C)CC(N)=O)CCCC2O. The summed E-state index contributed by atoms with van der Waals surface area (Å²) in [7, 11) is 0. The van der Waals surface area contributed by atoms with E-state index >= 15 is 0 Å². The number of carbonyl (C=O) groups is 1. The Bertz CT molecular complexity index is 437. The molecule has 0 fully saturated rings. The third-order valence-electron chi connectivity index (χ3n) is 3.56. The molecule has 94 valence electrons. The fraction of sp³-hybridized carbons (Fsp3) is 0.615. The highest BCUT2D eigenvalue weighted by Crippen LogP contribution is 2.34. The molecule has 17 heavy (non-hydrogen) atoms. The maximum Gasteiger partial charge on any atom is 0.219 e. The van der Waals surface area contributed by atoms with E-state index in [1.807, 2.05) is 19.9 Å². The lowest BCUT2D eigenvalue weighted by Crippen LogP contribution is -2.21. The Balaban J connectivity index is 2.37. The zero-order valence-corrected chi connectivity index (χ0v) is 10.4. The predicted octanol–water partition coefficient (Wildman–Crippen LogP) is 1.60. The van der Waals surface area contributed by atoms with Crippen molar-refractivity contribution in [2.24, 2.45) is 5.73 Å². The molecule has 0 bridgehead atoms. The van der Waals surface area contributed by atoms with E-state index in [1.165, 1.54) is 5.69 Å². The second-order valence-electron chi connectivity index (χ2n) is 4.99.